The Labute approximate surface area is 171 Å². The van der Waals surface area contributed by atoms with Crippen molar-refractivity contribution in [2.45, 2.75) is 33.6 Å². The molecule has 2 aromatic rings. The lowest BCUT2D eigenvalue weighted by atomic mass is 10.1. The molecule has 0 radical (unpaired) electrons. The standard InChI is InChI=1S/C23H28N2O4/c1-16-13-17(2)18(3)21(14-16)28-12-6-10-24-22(26)9-11-25-19-7-4-5-8-20(19)29-15-23(25)27/h4-5,7-8,13-14H,6,9-12,15H2,1-3H3,(H,24,26). The van der Waals surface area contributed by atoms with Crippen LogP contribution in [0.5, 0.6) is 11.5 Å². The molecule has 0 aromatic heterocycles. The molecule has 3 rings (SSSR count). The van der Waals surface area contributed by atoms with Crippen molar-refractivity contribution in [3.63, 3.8) is 0 Å². The lowest BCUT2D eigenvalue weighted by Gasteiger charge is -2.29. The number of carbonyl (C=O) groups is 2. The molecule has 2 amide bonds. The Bertz CT molecular complexity index is 894. The van der Waals surface area contributed by atoms with E-state index in [1.807, 2.05) is 30.3 Å². The Morgan fingerprint density at radius 2 is 2.00 bits per heavy atom. The van der Waals surface area contributed by atoms with Gasteiger partial charge in [-0.2, -0.15) is 0 Å². The molecule has 0 spiro atoms. The Morgan fingerprint density at radius 3 is 2.83 bits per heavy atom. The maximum absolute atomic E-state index is 12.2. The van der Waals surface area contributed by atoms with Crippen LogP contribution in [0.2, 0.25) is 0 Å². The number of aryl methyl sites for hydroxylation is 2. The first kappa shape index (κ1) is 20.7. The summed E-state index contributed by atoms with van der Waals surface area (Å²) in [5.74, 6) is 1.36. The van der Waals surface area contributed by atoms with Gasteiger partial charge < -0.3 is 19.7 Å². The van der Waals surface area contributed by atoms with E-state index >= 15 is 0 Å². The number of ether oxygens (including phenoxy) is 2. The van der Waals surface area contributed by atoms with Gasteiger partial charge in [-0.15, -0.1) is 0 Å². The molecule has 0 atom stereocenters. The van der Waals surface area contributed by atoms with Crippen LogP contribution in [0.1, 0.15) is 29.5 Å². The van der Waals surface area contributed by atoms with E-state index in [1.54, 1.807) is 4.90 Å². The summed E-state index contributed by atoms with van der Waals surface area (Å²) in [7, 11) is 0. The molecule has 29 heavy (non-hydrogen) atoms. The first-order valence-corrected chi connectivity index (χ1v) is 9.95. The van der Waals surface area contributed by atoms with Crippen LogP contribution in [0, 0.1) is 20.8 Å². The maximum atomic E-state index is 12.2. The fourth-order valence-corrected chi connectivity index (χ4v) is 3.33. The van der Waals surface area contributed by atoms with E-state index in [2.05, 4.69) is 32.2 Å². The van der Waals surface area contributed by atoms with Crippen LogP contribution in [-0.2, 0) is 9.59 Å². The Balaban J connectivity index is 1.39. The molecule has 1 heterocycles. The van der Waals surface area contributed by atoms with E-state index in [0.29, 0.717) is 31.1 Å². The lowest BCUT2D eigenvalue weighted by Crippen LogP contribution is -2.41. The molecule has 6 heteroatoms. The zero-order chi connectivity index (χ0) is 20.8. The molecule has 2 aromatic carbocycles. The van der Waals surface area contributed by atoms with Gasteiger partial charge in [-0.3, -0.25) is 9.59 Å². The number of rotatable bonds is 8. The van der Waals surface area contributed by atoms with E-state index in [0.717, 1.165) is 17.7 Å². The first-order valence-electron chi connectivity index (χ1n) is 9.95. The summed E-state index contributed by atoms with van der Waals surface area (Å²) in [5, 5.41) is 2.90. The Morgan fingerprint density at radius 1 is 1.21 bits per heavy atom. The van der Waals surface area contributed by atoms with Crippen molar-refractivity contribution in [1.29, 1.82) is 0 Å². The van der Waals surface area contributed by atoms with Crippen molar-refractivity contribution < 1.29 is 19.1 Å². The van der Waals surface area contributed by atoms with E-state index in [9.17, 15) is 9.59 Å². The fraction of sp³-hybridized carbons (Fsp3) is 0.391. The molecule has 0 aliphatic carbocycles. The molecule has 0 saturated heterocycles. The third-order valence-electron chi connectivity index (χ3n) is 5.04. The van der Waals surface area contributed by atoms with Gasteiger partial charge >= 0.3 is 0 Å². The predicted molar refractivity (Wildman–Crippen MR) is 113 cm³/mol. The molecule has 1 aliphatic rings. The third-order valence-corrected chi connectivity index (χ3v) is 5.04. The van der Waals surface area contributed by atoms with E-state index in [1.165, 1.54) is 11.1 Å². The average molecular weight is 396 g/mol. The normalized spacial score (nSPS) is 12.9. The number of carbonyl (C=O) groups excluding carboxylic acids is 2. The van der Waals surface area contributed by atoms with Crippen molar-refractivity contribution in [1.82, 2.24) is 5.32 Å². The van der Waals surface area contributed by atoms with Gasteiger partial charge in [0.05, 0.1) is 12.3 Å². The molecule has 154 valence electrons. The minimum Gasteiger partial charge on any atom is -0.493 e. The quantitative estimate of drug-likeness (QED) is 0.695. The SMILES string of the molecule is Cc1cc(C)c(C)c(OCCCNC(=O)CCN2C(=O)COc3ccccc32)c1. The van der Waals surface area contributed by atoms with Gasteiger partial charge in [0.2, 0.25) is 5.91 Å². The summed E-state index contributed by atoms with van der Waals surface area (Å²) in [4.78, 5) is 25.9. The average Bonchev–Trinajstić information content (AvgIpc) is 2.70. The fourth-order valence-electron chi connectivity index (χ4n) is 3.33. The van der Waals surface area contributed by atoms with Gasteiger partial charge in [-0.1, -0.05) is 18.2 Å². The molecule has 0 bridgehead atoms. The van der Waals surface area contributed by atoms with Gasteiger partial charge in [-0.05, 0) is 62.1 Å². The van der Waals surface area contributed by atoms with Crippen LogP contribution in [-0.4, -0.2) is 38.1 Å². The van der Waals surface area contributed by atoms with Crippen molar-refractivity contribution in [2.24, 2.45) is 0 Å². The maximum Gasteiger partial charge on any atom is 0.265 e. The smallest absolute Gasteiger partial charge is 0.265 e. The highest BCUT2D eigenvalue weighted by Crippen LogP contribution is 2.31. The van der Waals surface area contributed by atoms with Crippen molar-refractivity contribution in [3.05, 3.63) is 53.1 Å². The molecular formula is C23H28N2O4. The van der Waals surface area contributed by atoms with Crippen LogP contribution in [0.25, 0.3) is 0 Å². The summed E-state index contributed by atoms with van der Waals surface area (Å²) in [5.41, 5.74) is 4.26. The second-order valence-corrected chi connectivity index (χ2v) is 7.31. The number of benzene rings is 2. The largest absolute Gasteiger partial charge is 0.493 e. The number of anilines is 1. The molecule has 1 aliphatic heterocycles. The minimum absolute atomic E-state index is 0.00776. The molecule has 6 nitrogen and oxygen atoms in total. The van der Waals surface area contributed by atoms with Crippen LogP contribution in [0.4, 0.5) is 5.69 Å². The van der Waals surface area contributed by atoms with Gasteiger partial charge in [0, 0.05) is 19.5 Å². The number of hydrogen-bond acceptors (Lipinski definition) is 4. The zero-order valence-corrected chi connectivity index (χ0v) is 17.3. The molecule has 0 saturated carbocycles. The number of nitrogens with one attached hydrogen (secondary N) is 1. The van der Waals surface area contributed by atoms with Gasteiger partial charge in [0.1, 0.15) is 11.5 Å². The van der Waals surface area contributed by atoms with Crippen LogP contribution in [0.15, 0.2) is 36.4 Å². The van der Waals surface area contributed by atoms with Crippen LogP contribution in [0.3, 0.4) is 0 Å². The molecule has 0 unspecified atom stereocenters. The number of fused-ring (bicyclic) bond motifs is 1. The molecular weight excluding hydrogens is 368 g/mol. The van der Waals surface area contributed by atoms with E-state index < -0.39 is 0 Å². The van der Waals surface area contributed by atoms with E-state index in [4.69, 9.17) is 9.47 Å². The summed E-state index contributed by atoms with van der Waals surface area (Å²) in [6.45, 7) is 7.61. The van der Waals surface area contributed by atoms with Crippen molar-refractivity contribution in [2.75, 3.05) is 31.2 Å². The van der Waals surface area contributed by atoms with Gasteiger partial charge in [0.15, 0.2) is 6.61 Å². The number of hydrogen-bond donors (Lipinski definition) is 1. The highest BCUT2D eigenvalue weighted by molar-refractivity contribution is 5.98. The monoisotopic (exact) mass is 396 g/mol. The highest BCUT2D eigenvalue weighted by atomic mass is 16.5. The van der Waals surface area contributed by atoms with Gasteiger partial charge in [-0.25, -0.2) is 0 Å². The molecule has 0 fully saturated rings. The summed E-state index contributed by atoms with van der Waals surface area (Å²) >= 11 is 0. The second kappa shape index (κ2) is 9.45. The lowest BCUT2D eigenvalue weighted by molar-refractivity contribution is -0.122. The summed E-state index contributed by atoms with van der Waals surface area (Å²) in [6, 6.07) is 11.5. The summed E-state index contributed by atoms with van der Waals surface area (Å²) in [6.07, 6.45) is 0.967. The summed E-state index contributed by atoms with van der Waals surface area (Å²) < 4.78 is 11.3. The van der Waals surface area contributed by atoms with Crippen molar-refractivity contribution in [3.8, 4) is 11.5 Å². The number of amides is 2. The van der Waals surface area contributed by atoms with Crippen LogP contribution < -0.4 is 19.7 Å². The third kappa shape index (κ3) is 5.28. The zero-order valence-electron chi connectivity index (χ0n) is 17.3. The predicted octanol–water partition coefficient (Wildman–Crippen LogP) is 3.31. The number of para-hydroxylation sites is 2. The topological polar surface area (TPSA) is 67.9 Å². The Kier molecular flexibility index (Phi) is 6.75. The van der Waals surface area contributed by atoms with Crippen molar-refractivity contribution >= 4 is 17.5 Å². The second-order valence-electron chi connectivity index (χ2n) is 7.31. The molecule has 1 N–H and O–H groups in total. The van der Waals surface area contributed by atoms with Gasteiger partial charge in [0.25, 0.3) is 5.91 Å². The number of nitrogens with zero attached hydrogens (tertiary/aromatic N) is 1. The van der Waals surface area contributed by atoms with E-state index in [-0.39, 0.29) is 24.8 Å². The minimum atomic E-state index is -0.131. The first-order chi connectivity index (χ1) is 14.0. The Hall–Kier alpha value is -3.02. The highest BCUT2D eigenvalue weighted by Gasteiger charge is 2.25. The van der Waals surface area contributed by atoms with Crippen LogP contribution >= 0.6 is 0 Å².